The summed E-state index contributed by atoms with van der Waals surface area (Å²) < 4.78 is 4.62. The third-order valence-corrected chi connectivity index (χ3v) is 1.41. The molecular weight excluding hydrogens is 180 g/mol. The Morgan fingerprint density at radius 3 is 1.46 bits per heavy atom. The summed E-state index contributed by atoms with van der Waals surface area (Å²) in [6.45, 7) is -0.956. The highest BCUT2D eigenvalue weighted by atomic mass is 16.6. The molecule has 0 aliphatic carbocycles. The van der Waals surface area contributed by atoms with Crippen LogP contribution < -0.4 is 10.6 Å². The van der Waals surface area contributed by atoms with E-state index in [9.17, 15) is 0 Å². The lowest BCUT2D eigenvalue weighted by molar-refractivity contribution is -0.254. The molecule has 7 nitrogen and oxygen atoms in total. The maximum atomic E-state index is 8.93. The second-order valence-electron chi connectivity index (χ2n) is 2.63. The van der Waals surface area contributed by atoms with Crippen molar-refractivity contribution in [2.75, 3.05) is 27.3 Å². The van der Waals surface area contributed by atoms with Gasteiger partial charge >= 0.3 is 0 Å². The minimum atomic E-state index is -2.16. The van der Waals surface area contributed by atoms with E-state index in [2.05, 4.69) is 15.4 Å². The molecule has 0 bridgehead atoms. The van der Waals surface area contributed by atoms with E-state index in [0.29, 0.717) is 0 Å². The van der Waals surface area contributed by atoms with Gasteiger partial charge in [-0.15, -0.1) is 0 Å². The van der Waals surface area contributed by atoms with Gasteiger partial charge < -0.3 is 25.2 Å². The first-order chi connectivity index (χ1) is 5.83. The Bertz CT molecular complexity index is 134. The summed E-state index contributed by atoms with van der Waals surface area (Å²) in [7, 11) is 2.65. The maximum Gasteiger partial charge on any atom is 0.246 e. The van der Waals surface area contributed by atoms with Gasteiger partial charge in [0.1, 0.15) is 13.2 Å². The predicted octanol–water partition coefficient (Wildman–Crippen LogP) is -3.28. The first-order valence-electron chi connectivity index (χ1n) is 3.68. The summed E-state index contributed by atoms with van der Waals surface area (Å²) in [5.74, 6) is -4.33. The van der Waals surface area contributed by atoms with Gasteiger partial charge in [-0.3, -0.25) is 10.6 Å². The second kappa shape index (κ2) is 4.82. The Hall–Kier alpha value is -0.280. The average molecular weight is 196 g/mol. The number of hydrogen-bond donors (Lipinski definition) is 6. The smallest absolute Gasteiger partial charge is 0.246 e. The Kier molecular flexibility index (Phi) is 4.71. The van der Waals surface area contributed by atoms with Crippen LogP contribution in [0.2, 0.25) is 0 Å². The van der Waals surface area contributed by atoms with Crippen molar-refractivity contribution >= 4 is 0 Å². The fourth-order valence-electron chi connectivity index (χ4n) is 0.480. The summed E-state index contributed by atoms with van der Waals surface area (Å²) in [4.78, 5) is 0. The molecule has 80 valence electrons. The normalized spacial score (nSPS) is 13.4. The summed E-state index contributed by atoms with van der Waals surface area (Å²) in [5, 5.41) is 40.0. The molecule has 0 unspecified atom stereocenters. The lowest BCUT2D eigenvalue weighted by Gasteiger charge is -2.24. The van der Waals surface area contributed by atoms with Crippen molar-refractivity contribution in [3.05, 3.63) is 0 Å². The van der Waals surface area contributed by atoms with E-state index in [0.717, 1.165) is 0 Å². The average Bonchev–Trinajstić information content (AvgIpc) is 2.04. The molecule has 7 heteroatoms. The lowest BCUT2D eigenvalue weighted by atomic mass is 10.5. The van der Waals surface area contributed by atoms with Gasteiger partial charge in [-0.25, -0.2) is 0 Å². The minimum absolute atomic E-state index is 0.478. The summed E-state index contributed by atoms with van der Waals surface area (Å²) in [5.41, 5.74) is 0. The first kappa shape index (κ1) is 12.7. The fourth-order valence-corrected chi connectivity index (χ4v) is 0.480. The van der Waals surface area contributed by atoms with Gasteiger partial charge in [-0.1, -0.05) is 0 Å². The van der Waals surface area contributed by atoms with Crippen LogP contribution in [0.4, 0.5) is 0 Å². The molecule has 0 fully saturated rings. The highest BCUT2D eigenvalue weighted by Gasteiger charge is 2.25. The van der Waals surface area contributed by atoms with Gasteiger partial charge in [0.15, 0.2) is 0 Å². The molecule has 0 aromatic heterocycles. The van der Waals surface area contributed by atoms with Gasteiger partial charge in [0.2, 0.25) is 11.8 Å². The molecule has 6 N–H and O–H groups in total. The van der Waals surface area contributed by atoms with Crippen molar-refractivity contribution in [2.24, 2.45) is 0 Å². The Morgan fingerprint density at radius 2 is 1.23 bits per heavy atom. The van der Waals surface area contributed by atoms with E-state index in [1.165, 1.54) is 14.1 Å². The second-order valence-corrected chi connectivity index (χ2v) is 2.63. The van der Waals surface area contributed by atoms with E-state index in [1.54, 1.807) is 0 Å². The molecule has 0 saturated carbocycles. The quantitative estimate of drug-likeness (QED) is 0.247. The largest absolute Gasteiger partial charge is 0.367 e. The molecule has 0 aromatic carbocycles. The number of nitrogens with one attached hydrogen (secondary N) is 2. The zero-order valence-corrected chi connectivity index (χ0v) is 7.61. The topological polar surface area (TPSA) is 114 Å². The number of aliphatic hydroxyl groups is 4. The van der Waals surface area contributed by atoms with Crippen LogP contribution in [0.15, 0.2) is 0 Å². The van der Waals surface area contributed by atoms with Gasteiger partial charge in [-0.2, -0.15) is 0 Å². The molecule has 0 aliphatic rings. The van der Waals surface area contributed by atoms with Crippen molar-refractivity contribution < 1.29 is 25.2 Å². The minimum Gasteiger partial charge on any atom is -0.367 e. The van der Waals surface area contributed by atoms with Crippen LogP contribution >= 0.6 is 0 Å². The summed E-state index contributed by atoms with van der Waals surface area (Å²) >= 11 is 0. The molecule has 0 aliphatic heterocycles. The van der Waals surface area contributed by atoms with Crippen molar-refractivity contribution in [2.45, 2.75) is 11.8 Å². The molecule has 0 radical (unpaired) electrons. The first-order valence-corrected chi connectivity index (χ1v) is 3.68. The molecule has 13 heavy (non-hydrogen) atoms. The van der Waals surface area contributed by atoms with E-state index in [1.807, 2.05) is 0 Å². The SMILES string of the molecule is CNC(O)(O)COCC(O)(O)NC. The summed E-state index contributed by atoms with van der Waals surface area (Å²) in [6, 6.07) is 0. The van der Waals surface area contributed by atoms with Gasteiger partial charge in [0.05, 0.1) is 0 Å². The van der Waals surface area contributed by atoms with Gasteiger partial charge in [-0.05, 0) is 14.1 Å². The third-order valence-electron chi connectivity index (χ3n) is 1.41. The van der Waals surface area contributed by atoms with Crippen LogP contribution in [0, 0.1) is 0 Å². The van der Waals surface area contributed by atoms with Crippen LogP contribution in [0.5, 0.6) is 0 Å². The zero-order chi connectivity index (χ0) is 10.5. The van der Waals surface area contributed by atoms with Crippen LogP contribution in [0.1, 0.15) is 0 Å². The maximum absolute atomic E-state index is 8.93. The van der Waals surface area contributed by atoms with E-state index in [-0.39, 0.29) is 0 Å². The standard InChI is InChI=1S/C6H16N2O5/c1-7-5(9,10)3-13-4-6(11,12)8-2/h7-12H,3-4H2,1-2H3. The molecule has 0 spiro atoms. The fraction of sp³-hybridized carbons (Fsp3) is 1.00. The van der Waals surface area contributed by atoms with Crippen LogP contribution in [-0.4, -0.2) is 59.6 Å². The number of hydrogen-bond acceptors (Lipinski definition) is 7. The zero-order valence-electron chi connectivity index (χ0n) is 7.61. The van der Waals surface area contributed by atoms with E-state index in [4.69, 9.17) is 20.4 Å². The highest BCUT2D eigenvalue weighted by molar-refractivity contribution is 4.60. The summed E-state index contributed by atoms with van der Waals surface area (Å²) in [6.07, 6.45) is 0. The Labute approximate surface area is 76.0 Å². The molecule has 0 heterocycles. The van der Waals surface area contributed by atoms with Crippen molar-refractivity contribution in [3.8, 4) is 0 Å². The van der Waals surface area contributed by atoms with Gasteiger partial charge in [0, 0.05) is 0 Å². The molecular formula is C6H16N2O5. The van der Waals surface area contributed by atoms with E-state index >= 15 is 0 Å². The number of likely N-dealkylation sites (N-methyl/N-ethyl adjacent to an activating group) is 2. The number of rotatable bonds is 6. The van der Waals surface area contributed by atoms with Crippen LogP contribution in [0.3, 0.4) is 0 Å². The monoisotopic (exact) mass is 196 g/mol. The van der Waals surface area contributed by atoms with E-state index < -0.39 is 25.0 Å². The molecule has 0 saturated heterocycles. The number of ether oxygens (including phenoxy) is 1. The van der Waals surface area contributed by atoms with Crippen molar-refractivity contribution in [1.29, 1.82) is 0 Å². The predicted molar refractivity (Wildman–Crippen MR) is 43.3 cm³/mol. The van der Waals surface area contributed by atoms with Crippen LogP contribution in [-0.2, 0) is 4.74 Å². The lowest BCUT2D eigenvalue weighted by Crippen LogP contribution is -2.51. The Morgan fingerprint density at radius 1 is 0.923 bits per heavy atom. The Balaban J connectivity index is 3.68. The molecule has 0 atom stereocenters. The molecule has 0 amide bonds. The molecule has 0 aromatic rings. The van der Waals surface area contributed by atoms with Crippen LogP contribution in [0.25, 0.3) is 0 Å². The van der Waals surface area contributed by atoms with Gasteiger partial charge in [0.25, 0.3) is 0 Å². The molecule has 0 rings (SSSR count). The van der Waals surface area contributed by atoms with Crippen molar-refractivity contribution in [3.63, 3.8) is 0 Å². The van der Waals surface area contributed by atoms with Crippen molar-refractivity contribution in [1.82, 2.24) is 10.6 Å². The third kappa shape index (κ3) is 5.88. The highest BCUT2D eigenvalue weighted by Crippen LogP contribution is 1.98.